The van der Waals surface area contributed by atoms with Crippen LogP contribution in [0.2, 0.25) is 5.02 Å². The molecule has 0 saturated heterocycles. The standard InChI is InChI=1S/C14H14ClFN2O2S2/c1-7-12(22-14(21)17-7)5-13(20)18-11(6-19)8-2-3-9(15)10(16)4-8/h2-4,11,19H,5-6H2,1H3,(H,17,21)(H,18,20). The van der Waals surface area contributed by atoms with Gasteiger partial charge in [-0.15, -0.1) is 11.3 Å². The number of aryl methyl sites for hydroxylation is 1. The molecule has 1 heterocycles. The van der Waals surface area contributed by atoms with E-state index in [-0.39, 0.29) is 24.0 Å². The van der Waals surface area contributed by atoms with Crippen molar-refractivity contribution in [2.24, 2.45) is 0 Å². The van der Waals surface area contributed by atoms with Crippen molar-refractivity contribution >= 4 is 41.1 Å². The zero-order valence-corrected chi connectivity index (χ0v) is 14.0. The van der Waals surface area contributed by atoms with Gasteiger partial charge in [0.1, 0.15) is 5.82 Å². The highest BCUT2D eigenvalue weighted by Crippen LogP contribution is 2.21. The van der Waals surface area contributed by atoms with Crippen LogP contribution in [0.4, 0.5) is 4.39 Å². The molecule has 0 fully saturated rings. The van der Waals surface area contributed by atoms with Gasteiger partial charge in [0.25, 0.3) is 0 Å². The van der Waals surface area contributed by atoms with Gasteiger partial charge in [0.05, 0.1) is 24.1 Å². The smallest absolute Gasteiger partial charge is 0.225 e. The van der Waals surface area contributed by atoms with E-state index in [1.807, 2.05) is 6.92 Å². The molecule has 1 amide bonds. The Morgan fingerprint density at radius 3 is 2.86 bits per heavy atom. The summed E-state index contributed by atoms with van der Waals surface area (Å²) in [6.07, 6.45) is 0.149. The van der Waals surface area contributed by atoms with Crippen molar-refractivity contribution in [2.45, 2.75) is 19.4 Å². The minimum absolute atomic E-state index is 0.00510. The number of thiazole rings is 1. The van der Waals surface area contributed by atoms with Gasteiger partial charge in [0.2, 0.25) is 5.91 Å². The molecule has 22 heavy (non-hydrogen) atoms. The van der Waals surface area contributed by atoms with Crippen molar-refractivity contribution in [2.75, 3.05) is 6.61 Å². The van der Waals surface area contributed by atoms with Crippen LogP contribution in [0, 0.1) is 16.7 Å². The first kappa shape index (κ1) is 17.1. The highest BCUT2D eigenvalue weighted by molar-refractivity contribution is 7.73. The van der Waals surface area contributed by atoms with E-state index in [9.17, 15) is 14.3 Å². The number of rotatable bonds is 5. The number of H-pyrrole nitrogens is 1. The van der Waals surface area contributed by atoms with Crippen LogP contribution in [0.1, 0.15) is 22.2 Å². The normalized spacial score (nSPS) is 12.2. The zero-order chi connectivity index (χ0) is 16.3. The molecule has 4 nitrogen and oxygen atoms in total. The van der Waals surface area contributed by atoms with E-state index >= 15 is 0 Å². The number of aromatic nitrogens is 1. The first-order valence-corrected chi connectivity index (χ1v) is 8.04. The summed E-state index contributed by atoms with van der Waals surface area (Å²) < 4.78 is 14.1. The molecule has 0 aliphatic rings. The van der Waals surface area contributed by atoms with E-state index in [0.717, 1.165) is 10.6 Å². The Labute approximate surface area is 141 Å². The number of hydrogen-bond acceptors (Lipinski definition) is 4. The molecule has 3 N–H and O–H groups in total. The number of carbonyl (C=O) groups excluding carboxylic acids is 1. The van der Waals surface area contributed by atoms with Crippen molar-refractivity contribution in [1.82, 2.24) is 10.3 Å². The molecule has 0 aliphatic carbocycles. The summed E-state index contributed by atoms with van der Waals surface area (Å²) in [7, 11) is 0. The Hall–Kier alpha value is -1.28. The third kappa shape index (κ3) is 4.13. The molecule has 118 valence electrons. The van der Waals surface area contributed by atoms with Gasteiger partial charge in [-0.2, -0.15) is 0 Å². The van der Waals surface area contributed by atoms with Gasteiger partial charge in [0, 0.05) is 10.6 Å². The Balaban J connectivity index is 2.09. The lowest BCUT2D eigenvalue weighted by Gasteiger charge is -2.17. The third-order valence-corrected chi connectivity index (χ3v) is 4.75. The number of aliphatic hydroxyl groups is 1. The molecular formula is C14H14ClFN2O2S2. The van der Waals surface area contributed by atoms with Crippen molar-refractivity contribution in [1.29, 1.82) is 0 Å². The monoisotopic (exact) mass is 360 g/mol. The largest absolute Gasteiger partial charge is 0.394 e. The highest BCUT2D eigenvalue weighted by Gasteiger charge is 2.17. The van der Waals surface area contributed by atoms with E-state index in [2.05, 4.69) is 10.3 Å². The van der Waals surface area contributed by atoms with Gasteiger partial charge in [0.15, 0.2) is 3.95 Å². The van der Waals surface area contributed by atoms with Gasteiger partial charge in [-0.05, 0) is 36.8 Å². The van der Waals surface area contributed by atoms with Crippen LogP contribution in [-0.2, 0) is 11.2 Å². The van der Waals surface area contributed by atoms with Crippen LogP contribution in [0.15, 0.2) is 18.2 Å². The summed E-state index contributed by atoms with van der Waals surface area (Å²) in [6.45, 7) is 1.50. The molecule has 0 spiro atoms. The molecule has 0 bridgehead atoms. The molecular weight excluding hydrogens is 347 g/mol. The van der Waals surface area contributed by atoms with Gasteiger partial charge in [-0.25, -0.2) is 4.39 Å². The second-order valence-electron chi connectivity index (χ2n) is 4.72. The second kappa shape index (κ2) is 7.32. The topological polar surface area (TPSA) is 65.1 Å². The first-order chi connectivity index (χ1) is 10.4. The summed E-state index contributed by atoms with van der Waals surface area (Å²) in [6, 6.07) is 3.47. The SMILES string of the molecule is Cc1[nH]c(=S)sc1CC(=O)NC(CO)c1ccc(Cl)c(F)c1. The van der Waals surface area contributed by atoms with Crippen LogP contribution in [0.25, 0.3) is 0 Å². The molecule has 1 aromatic heterocycles. The van der Waals surface area contributed by atoms with E-state index in [1.165, 1.54) is 23.5 Å². The summed E-state index contributed by atoms with van der Waals surface area (Å²) in [5.74, 6) is -0.867. The number of nitrogens with one attached hydrogen (secondary N) is 2. The highest BCUT2D eigenvalue weighted by atomic mass is 35.5. The molecule has 2 rings (SSSR count). The number of benzene rings is 1. The van der Waals surface area contributed by atoms with Gasteiger partial charge >= 0.3 is 0 Å². The lowest BCUT2D eigenvalue weighted by atomic mass is 10.1. The molecule has 8 heteroatoms. The van der Waals surface area contributed by atoms with E-state index < -0.39 is 11.9 Å². The number of aliphatic hydroxyl groups excluding tert-OH is 1. The van der Waals surface area contributed by atoms with Crippen molar-refractivity contribution in [3.63, 3.8) is 0 Å². The number of carbonyl (C=O) groups is 1. The second-order valence-corrected chi connectivity index (χ2v) is 6.89. The third-order valence-electron chi connectivity index (χ3n) is 3.11. The lowest BCUT2D eigenvalue weighted by Crippen LogP contribution is -2.32. The molecule has 1 unspecified atom stereocenters. The maximum atomic E-state index is 13.5. The average Bonchev–Trinajstić information content (AvgIpc) is 2.77. The molecule has 1 aromatic carbocycles. The van der Waals surface area contributed by atoms with Crippen LogP contribution in [0.5, 0.6) is 0 Å². The minimum atomic E-state index is -0.688. The van der Waals surface area contributed by atoms with Crippen molar-refractivity contribution in [3.8, 4) is 0 Å². The molecule has 0 aliphatic heterocycles. The van der Waals surface area contributed by atoms with Gasteiger partial charge < -0.3 is 15.4 Å². The van der Waals surface area contributed by atoms with E-state index in [4.69, 9.17) is 23.8 Å². The molecule has 0 radical (unpaired) electrons. The van der Waals surface area contributed by atoms with Gasteiger partial charge in [-0.3, -0.25) is 4.79 Å². The summed E-state index contributed by atoms with van der Waals surface area (Å²) >= 11 is 12.0. The Kier molecular flexibility index (Phi) is 5.69. The zero-order valence-electron chi connectivity index (χ0n) is 11.7. The maximum Gasteiger partial charge on any atom is 0.225 e. The van der Waals surface area contributed by atoms with E-state index in [0.29, 0.717) is 9.52 Å². The average molecular weight is 361 g/mol. The fourth-order valence-electron chi connectivity index (χ4n) is 1.96. The fourth-order valence-corrected chi connectivity index (χ4v) is 3.37. The van der Waals surface area contributed by atoms with E-state index in [1.54, 1.807) is 6.07 Å². The first-order valence-electron chi connectivity index (χ1n) is 6.44. The number of amides is 1. The predicted molar refractivity (Wildman–Crippen MR) is 87.3 cm³/mol. The quantitative estimate of drug-likeness (QED) is 0.717. The molecule has 0 saturated carbocycles. The summed E-state index contributed by atoms with van der Waals surface area (Å²) in [5.41, 5.74) is 1.31. The predicted octanol–water partition coefficient (Wildman–Crippen LogP) is 3.30. The summed E-state index contributed by atoms with van der Waals surface area (Å²) in [4.78, 5) is 15.9. The minimum Gasteiger partial charge on any atom is -0.394 e. The number of aromatic amines is 1. The van der Waals surface area contributed by atoms with Crippen molar-refractivity contribution < 1.29 is 14.3 Å². The maximum absolute atomic E-state index is 13.5. The van der Waals surface area contributed by atoms with Crippen LogP contribution >= 0.6 is 35.2 Å². The molecule has 2 aromatic rings. The van der Waals surface area contributed by atoms with Crippen LogP contribution < -0.4 is 5.32 Å². The Bertz CT molecular complexity index is 745. The molecule has 1 atom stereocenters. The van der Waals surface area contributed by atoms with Crippen LogP contribution in [0.3, 0.4) is 0 Å². The number of hydrogen-bond donors (Lipinski definition) is 3. The van der Waals surface area contributed by atoms with Gasteiger partial charge in [-0.1, -0.05) is 17.7 Å². The Morgan fingerprint density at radius 1 is 1.59 bits per heavy atom. The summed E-state index contributed by atoms with van der Waals surface area (Å²) in [5, 5.41) is 12.1. The number of halogens is 2. The van der Waals surface area contributed by atoms with Crippen LogP contribution in [-0.4, -0.2) is 22.6 Å². The lowest BCUT2D eigenvalue weighted by molar-refractivity contribution is -0.121. The van der Waals surface area contributed by atoms with Crippen molar-refractivity contribution in [3.05, 3.63) is 49.1 Å². The fraction of sp³-hybridized carbons (Fsp3) is 0.286. The Morgan fingerprint density at radius 2 is 2.32 bits per heavy atom.